The molecule has 0 saturated heterocycles. The normalized spacial score (nSPS) is 10.6. The molecule has 0 unspecified atom stereocenters. The molecule has 0 radical (unpaired) electrons. The zero-order valence-corrected chi connectivity index (χ0v) is 15.0. The molecule has 1 N–H and O–H groups in total. The van der Waals surface area contributed by atoms with Crippen LogP contribution in [0.1, 0.15) is 11.1 Å². The maximum absolute atomic E-state index is 12.1. The van der Waals surface area contributed by atoms with Gasteiger partial charge in [0.05, 0.1) is 34.0 Å². The SMILES string of the molecule is COc1ccc(Cl)c(CC(=O)N/N=C/c2cccc(OC)c2OC)c1. The van der Waals surface area contributed by atoms with Gasteiger partial charge in [0.15, 0.2) is 11.5 Å². The third kappa shape index (κ3) is 4.87. The van der Waals surface area contributed by atoms with Gasteiger partial charge in [-0.15, -0.1) is 0 Å². The van der Waals surface area contributed by atoms with Gasteiger partial charge in [-0.3, -0.25) is 4.79 Å². The summed E-state index contributed by atoms with van der Waals surface area (Å²) in [5.74, 6) is 1.46. The van der Waals surface area contributed by atoms with E-state index in [9.17, 15) is 4.79 Å². The molecule has 0 bridgehead atoms. The number of nitrogens with zero attached hydrogens (tertiary/aromatic N) is 1. The number of hydrogen-bond donors (Lipinski definition) is 1. The van der Waals surface area contributed by atoms with Crippen molar-refractivity contribution in [2.75, 3.05) is 21.3 Å². The summed E-state index contributed by atoms with van der Waals surface area (Å²) in [4.78, 5) is 12.1. The highest BCUT2D eigenvalue weighted by Gasteiger charge is 2.09. The number of rotatable bonds is 7. The van der Waals surface area contributed by atoms with E-state index in [1.807, 2.05) is 0 Å². The molecule has 1 amide bonds. The summed E-state index contributed by atoms with van der Waals surface area (Å²) in [6.45, 7) is 0. The Kier molecular flexibility index (Phi) is 6.65. The van der Waals surface area contributed by atoms with E-state index in [1.165, 1.54) is 6.21 Å². The molecule has 0 aromatic heterocycles. The molecular formula is C18H19ClN2O4. The Bertz CT molecular complexity index is 778. The average Bonchev–Trinajstić information content (AvgIpc) is 2.63. The molecule has 132 valence electrons. The molecule has 0 aliphatic carbocycles. The Labute approximate surface area is 151 Å². The summed E-state index contributed by atoms with van der Waals surface area (Å²) in [6.07, 6.45) is 1.58. The molecule has 0 atom stereocenters. The molecule has 0 saturated carbocycles. The van der Waals surface area contributed by atoms with E-state index in [1.54, 1.807) is 57.7 Å². The third-order valence-electron chi connectivity index (χ3n) is 3.43. The number of benzene rings is 2. The van der Waals surface area contributed by atoms with E-state index < -0.39 is 0 Å². The summed E-state index contributed by atoms with van der Waals surface area (Å²) in [6, 6.07) is 10.5. The molecular weight excluding hydrogens is 344 g/mol. The number of hydrogen-bond acceptors (Lipinski definition) is 5. The van der Waals surface area contributed by atoms with Crippen LogP contribution in [0.2, 0.25) is 5.02 Å². The molecule has 2 rings (SSSR count). The van der Waals surface area contributed by atoms with Gasteiger partial charge >= 0.3 is 0 Å². The highest BCUT2D eigenvalue weighted by Crippen LogP contribution is 2.29. The second kappa shape index (κ2) is 8.94. The number of hydrazone groups is 1. The van der Waals surface area contributed by atoms with Crippen molar-refractivity contribution in [2.45, 2.75) is 6.42 Å². The van der Waals surface area contributed by atoms with Crippen LogP contribution in [0.5, 0.6) is 17.2 Å². The van der Waals surface area contributed by atoms with Crippen LogP contribution in [0, 0.1) is 0 Å². The molecule has 0 heterocycles. The van der Waals surface area contributed by atoms with E-state index in [2.05, 4.69) is 10.5 Å². The van der Waals surface area contributed by atoms with Gasteiger partial charge in [0.2, 0.25) is 5.91 Å². The number of ether oxygens (including phenoxy) is 3. The molecule has 2 aromatic carbocycles. The fraction of sp³-hybridized carbons (Fsp3) is 0.222. The quantitative estimate of drug-likeness (QED) is 0.607. The predicted octanol–water partition coefficient (Wildman–Crippen LogP) is 3.06. The van der Waals surface area contributed by atoms with Crippen LogP contribution < -0.4 is 19.6 Å². The average molecular weight is 363 g/mol. The zero-order valence-electron chi connectivity index (χ0n) is 14.2. The molecule has 6 nitrogen and oxygen atoms in total. The van der Waals surface area contributed by atoms with E-state index in [0.717, 1.165) is 0 Å². The van der Waals surface area contributed by atoms with Crippen LogP contribution in [-0.2, 0) is 11.2 Å². The lowest BCUT2D eigenvalue weighted by molar-refractivity contribution is -0.120. The maximum Gasteiger partial charge on any atom is 0.244 e. The minimum Gasteiger partial charge on any atom is -0.497 e. The molecule has 0 fully saturated rings. The van der Waals surface area contributed by atoms with Gasteiger partial charge in [0.25, 0.3) is 0 Å². The van der Waals surface area contributed by atoms with Crippen LogP contribution >= 0.6 is 11.6 Å². The Morgan fingerprint density at radius 2 is 1.96 bits per heavy atom. The third-order valence-corrected chi connectivity index (χ3v) is 3.80. The number of carbonyl (C=O) groups excluding carboxylic acids is 1. The number of halogens is 1. The Morgan fingerprint density at radius 1 is 1.16 bits per heavy atom. The molecule has 2 aromatic rings. The minimum atomic E-state index is -0.298. The largest absolute Gasteiger partial charge is 0.497 e. The van der Waals surface area contributed by atoms with Crippen LogP contribution in [0.4, 0.5) is 0 Å². The Morgan fingerprint density at radius 3 is 2.64 bits per heavy atom. The van der Waals surface area contributed by atoms with Crippen LogP contribution in [0.25, 0.3) is 0 Å². The second-order valence-electron chi connectivity index (χ2n) is 5.01. The van der Waals surface area contributed by atoms with Crippen molar-refractivity contribution in [3.8, 4) is 17.2 Å². The number of amides is 1. The Balaban J connectivity index is 2.04. The summed E-state index contributed by atoms with van der Waals surface area (Å²) in [5.41, 5.74) is 3.81. The first kappa shape index (κ1) is 18.6. The van der Waals surface area contributed by atoms with E-state index in [-0.39, 0.29) is 12.3 Å². The molecule has 7 heteroatoms. The van der Waals surface area contributed by atoms with E-state index in [4.69, 9.17) is 25.8 Å². The van der Waals surface area contributed by atoms with Crippen LogP contribution in [-0.4, -0.2) is 33.5 Å². The lowest BCUT2D eigenvalue weighted by Gasteiger charge is -2.09. The van der Waals surface area contributed by atoms with E-state index >= 15 is 0 Å². The van der Waals surface area contributed by atoms with Gasteiger partial charge in [-0.1, -0.05) is 17.7 Å². The number of methoxy groups -OCH3 is 3. The highest BCUT2D eigenvalue weighted by atomic mass is 35.5. The topological polar surface area (TPSA) is 69.2 Å². The summed E-state index contributed by atoms with van der Waals surface area (Å²) >= 11 is 6.10. The number of nitrogens with one attached hydrogen (secondary N) is 1. The fourth-order valence-electron chi connectivity index (χ4n) is 2.21. The number of carbonyl (C=O) groups is 1. The monoisotopic (exact) mass is 362 g/mol. The fourth-order valence-corrected chi connectivity index (χ4v) is 2.40. The predicted molar refractivity (Wildman–Crippen MR) is 97.0 cm³/mol. The lowest BCUT2D eigenvalue weighted by Crippen LogP contribution is -2.20. The smallest absolute Gasteiger partial charge is 0.244 e. The van der Waals surface area contributed by atoms with E-state index in [0.29, 0.717) is 33.4 Å². The van der Waals surface area contributed by atoms with Crippen molar-refractivity contribution in [1.82, 2.24) is 5.43 Å². The van der Waals surface area contributed by atoms with Crippen molar-refractivity contribution in [1.29, 1.82) is 0 Å². The zero-order chi connectivity index (χ0) is 18.2. The first-order chi connectivity index (χ1) is 12.1. The van der Waals surface area contributed by atoms with Crippen molar-refractivity contribution < 1.29 is 19.0 Å². The first-order valence-corrected chi connectivity index (χ1v) is 7.82. The molecule has 25 heavy (non-hydrogen) atoms. The minimum absolute atomic E-state index is 0.0859. The van der Waals surface area contributed by atoms with Crippen molar-refractivity contribution in [2.24, 2.45) is 5.10 Å². The van der Waals surface area contributed by atoms with Gasteiger partial charge < -0.3 is 14.2 Å². The van der Waals surface area contributed by atoms with Gasteiger partial charge in [0, 0.05) is 10.6 Å². The van der Waals surface area contributed by atoms with Crippen LogP contribution in [0.3, 0.4) is 0 Å². The highest BCUT2D eigenvalue weighted by molar-refractivity contribution is 6.31. The molecule has 0 aliphatic rings. The van der Waals surface area contributed by atoms with Crippen molar-refractivity contribution in [3.63, 3.8) is 0 Å². The van der Waals surface area contributed by atoms with Crippen molar-refractivity contribution >= 4 is 23.7 Å². The first-order valence-electron chi connectivity index (χ1n) is 7.44. The van der Waals surface area contributed by atoms with Crippen LogP contribution in [0.15, 0.2) is 41.5 Å². The van der Waals surface area contributed by atoms with Crippen molar-refractivity contribution in [3.05, 3.63) is 52.5 Å². The molecule has 0 aliphatic heterocycles. The summed E-state index contributed by atoms with van der Waals surface area (Å²) in [5, 5.41) is 4.45. The standard InChI is InChI=1S/C18H19ClN2O4/c1-23-14-7-8-15(19)13(9-14)10-17(22)21-20-11-12-5-4-6-16(24-2)18(12)25-3/h4-9,11H,10H2,1-3H3,(H,21,22)/b20-11+. The van der Waals surface area contributed by atoms with Gasteiger partial charge in [-0.2, -0.15) is 5.10 Å². The molecule has 0 spiro atoms. The van der Waals surface area contributed by atoms with Gasteiger partial charge in [-0.25, -0.2) is 5.43 Å². The second-order valence-corrected chi connectivity index (χ2v) is 5.42. The van der Waals surface area contributed by atoms with Gasteiger partial charge in [-0.05, 0) is 35.9 Å². The summed E-state index contributed by atoms with van der Waals surface area (Å²) in [7, 11) is 4.65. The Hall–Kier alpha value is -2.73. The number of para-hydroxylation sites is 1. The van der Waals surface area contributed by atoms with Gasteiger partial charge in [0.1, 0.15) is 5.75 Å². The maximum atomic E-state index is 12.1. The summed E-state index contributed by atoms with van der Waals surface area (Å²) < 4.78 is 15.7. The lowest BCUT2D eigenvalue weighted by atomic mass is 10.1.